The SMILES string of the molecule is O=P(c1ccccc1)(c1ccccc1)c1cncc(-c2ccc3oc4ccc(-c5cccc6c5oc5ccccc56)cc4c3c2)c1. The Hall–Kier alpha value is -5.70. The molecule has 0 bridgehead atoms. The lowest BCUT2D eigenvalue weighted by atomic mass is 9.99. The Kier molecular flexibility index (Phi) is 6.06. The second kappa shape index (κ2) is 10.4. The minimum Gasteiger partial charge on any atom is -0.456 e. The van der Waals surface area contributed by atoms with Gasteiger partial charge < -0.3 is 13.4 Å². The summed E-state index contributed by atoms with van der Waals surface area (Å²) in [6.45, 7) is 0. The highest BCUT2D eigenvalue weighted by Crippen LogP contribution is 2.43. The number of hydrogen-bond donors (Lipinski definition) is 0. The fraction of sp³-hybridized carbons (Fsp3) is 0. The van der Waals surface area contributed by atoms with Crippen molar-refractivity contribution in [3.05, 3.63) is 158 Å². The van der Waals surface area contributed by atoms with Crippen molar-refractivity contribution in [3.8, 4) is 22.3 Å². The fourth-order valence-corrected chi connectivity index (χ4v) is 9.21. The molecule has 0 amide bonds. The third-order valence-corrected chi connectivity index (χ3v) is 11.9. The van der Waals surface area contributed by atoms with Crippen molar-refractivity contribution in [2.75, 3.05) is 0 Å². The average molecular weight is 612 g/mol. The van der Waals surface area contributed by atoms with Gasteiger partial charge in [-0.3, -0.25) is 4.98 Å². The van der Waals surface area contributed by atoms with Crippen LogP contribution in [-0.2, 0) is 4.57 Å². The Bertz CT molecular complexity index is 2580. The van der Waals surface area contributed by atoms with Gasteiger partial charge in [0.25, 0.3) is 0 Å². The number of pyridine rings is 1. The molecule has 3 heterocycles. The average Bonchev–Trinajstić information content (AvgIpc) is 3.70. The molecule has 3 aromatic heterocycles. The van der Waals surface area contributed by atoms with Gasteiger partial charge in [-0.15, -0.1) is 0 Å². The van der Waals surface area contributed by atoms with Crippen LogP contribution in [0.3, 0.4) is 0 Å². The van der Waals surface area contributed by atoms with Gasteiger partial charge in [-0.25, -0.2) is 0 Å². The molecule has 4 nitrogen and oxygen atoms in total. The highest BCUT2D eigenvalue weighted by Gasteiger charge is 2.30. The Labute approximate surface area is 264 Å². The molecule has 0 saturated heterocycles. The minimum atomic E-state index is -3.16. The van der Waals surface area contributed by atoms with Crippen LogP contribution in [0.15, 0.2) is 167 Å². The van der Waals surface area contributed by atoms with Crippen LogP contribution >= 0.6 is 7.14 Å². The van der Waals surface area contributed by atoms with E-state index >= 15 is 4.57 Å². The number of furan rings is 2. The maximum Gasteiger partial charge on any atom is 0.172 e. The molecule has 9 aromatic rings. The van der Waals surface area contributed by atoms with Crippen LogP contribution in [0.2, 0.25) is 0 Å². The Morgan fingerprint density at radius 2 is 1.04 bits per heavy atom. The first-order chi connectivity index (χ1) is 22.7. The molecule has 0 radical (unpaired) electrons. The van der Waals surface area contributed by atoms with Gasteiger partial charge in [0, 0.05) is 61.0 Å². The Morgan fingerprint density at radius 3 is 1.78 bits per heavy atom. The molecule has 6 aromatic carbocycles. The second-order valence-electron chi connectivity index (χ2n) is 11.5. The molecule has 0 aliphatic carbocycles. The molecule has 0 atom stereocenters. The Balaban J connectivity index is 1.18. The van der Waals surface area contributed by atoms with Gasteiger partial charge in [-0.05, 0) is 47.5 Å². The quantitative estimate of drug-likeness (QED) is 0.182. The number of nitrogens with zero attached hydrogens (tertiary/aromatic N) is 1. The van der Waals surface area contributed by atoms with Gasteiger partial charge in [-0.1, -0.05) is 109 Å². The van der Waals surface area contributed by atoms with Crippen LogP contribution < -0.4 is 15.9 Å². The summed E-state index contributed by atoms with van der Waals surface area (Å²) in [7, 11) is -3.16. The summed E-state index contributed by atoms with van der Waals surface area (Å²) < 4.78 is 27.6. The van der Waals surface area contributed by atoms with E-state index in [1.807, 2.05) is 109 Å². The third kappa shape index (κ3) is 4.15. The summed E-state index contributed by atoms with van der Waals surface area (Å²) in [6.07, 6.45) is 3.57. The monoisotopic (exact) mass is 611 g/mol. The minimum absolute atomic E-state index is 0.695. The number of hydrogen-bond acceptors (Lipinski definition) is 4. The van der Waals surface area contributed by atoms with Gasteiger partial charge in [-0.2, -0.15) is 0 Å². The number of para-hydroxylation sites is 2. The molecule has 0 spiro atoms. The number of aromatic nitrogens is 1. The van der Waals surface area contributed by atoms with E-state index in [-0.39, 0.29) is 0 Å². The summed E-state index contributed by atoms with van der Waals surface area (Å²) in [5.41, 5.74) is 7.34. The van der Waals surface area contributed by atoms with Crippen molar-refractivity contribution in [2.24, 2.45) is 0 Å². The molecule has 0 fully saturated rings. The van der Waals surface area contributed by atoms with Crippen molar-refractivity contribution in [2.45, 2.75) is 0 Å². The normalized spacial score (nSPS) is 12.0. The molecule has 0 aliphatic rings. The zero-order valence-electron chi connectivity index (χ0n) is 24.6. The summed E-state index contributed by atoms with van der Waals surface area (Å²) in [5.74, 6) is 0. The summed E-state index contributed by atoms with van der Waals surface area (Å²) in [6, 6.07) is 48.3. The van der Waals surface area contributed by atoms with Gasteiger partial charge in [0.1, 0.15) is 22.3 Å². The third-order valence-electron chi connectivity index (χ3n) is 8.84. The lowest BCUT2D eigenvalue weighted by Crippen LogP contribution is -2.25. The van der Waals surface area contributed by atoms with E-state index in [9.17, 15) is 0 Å². The second-order valence-corrected chi connectivity index (χ2v) is 14.3. The van der Waals surface area contributed by atoms with Crippen LogP contribution in [0.1, 0.15) is 0 Å². The van der Waals surface area contributed by atoms with E-state index in [4.69, 9.17) is 8.83 Å². The van der Waals surface area contributed by atoms with Gasteiger partial charge in [0.05, 0.1) is 0 Å². The smallest absolute Gasteiger partial charge is 0.172 e. The van der Waals surface area contributed by atoms with E-state index in [1.165, 1.54) is 0 Å². The molecule has 0 saturated carbocycles. The first-order valence-electron chi connectivity index (χ1n) is 15.2. The zero-order chi connectivity index (χ0) is 30.7. The van der Waals surface area contributed by atoms with Crippen molar-refractivity contribution in [1.82, 2.24) is 4.98 Å². The Morgan fingerprint density at radius 1 is 0.435 bits per heavy atom. The van der Waals surface area contributed by atoms with E-state index in [0.29, 0.717) is 5.30 Å². The number of benzene rings is 6. The van der Waals surface area contributed by atoms with Crippen molar-refractivity contribution >= 4 is 66.9 Å². The van der Waals surface area contributed by atoms with E-state index in [1.54, 1.807) is 6.20 Å². The topological polar surface area (TPSA) is 56.2 Å². The fourth-order valence-electron chi connectivity index (χ4n) is 6.58. The van der Waals surface area contributed by atoms with E-state index in [2.05, 4.69) is 47.4 Å². The summed E-state index contributed by atoms with van der Waals surface area (Å²) in [5, 5.41) is 6.49. The first kappa shape index (κ1) is 26.7. The molecule has 0 unspecified atom stereocenters. The molecule has 46 heavy (non-hydrogen) atoms. The molecular weight excluding hydrogens is 585 g/mol. The van der Waals surface area contributed by atoms with Crippen molar-refractivity contribution in [3.63, 3.8) is 0 Å². The molecule has 0 N–H and O–H groups in total. The molecular formula is C41H26NO3P. The van der Waals surface area contributed by atoms with E-state index in [0.717, 1.165) is 76.7 Å². The lowest BCUT2D eigenvalue weighted by molar-refractivity contribution is 0.592. The standard InChI is InChI=1S/C41H26NO3P/c43-46(30-10-3-1-4-11-30,31-12-5-2-6-13-31)32-22-29(25-42-26-32)27-18-20-39-36(23-27)37-24-28(19-21-40(37)44-39)33-15-9-16-35-34-14-7-8-17-38(34)45-41(33)35/h1-26H. The van der Waals surface area contributed by atoms with Crippen LogP contribution in [-0.4, -0.2) is 4.98 Å². The number of fused-ring (bicyclic) bond motifs is 6. The van der Waals surface area contributed by atoms with Gasteiger partial charge in [0.2, 0.25) is 0 Å². The van der Waals surface area contributed by atoms with Gasteiger partial charge >= 0.3 is 0 Å². The van der Waals surface area contributed by atoms with E-state index < -0.39 is 7.14 Å². The largest absolute Gasteiger partial charge is 0.456 e. The molecule has 0 aliphatic heterocycles. The summed E-state index contributed by atoms with van der Waals surface area (Å²) in [4.78, 5) is 4.60. The first-order valence-corrected chi connectivity index (χ1v) is 16.9. The molecule has 9 rings (SSSR count). The summed E-state index contributed by atoms with van der Waals surface area (Å²) >= 11 is 0. The maximum absolute atomic E-state index is 15.0. The molecule has 218 valence electrons. The van der Waals surface area contributed by atoms with Crippen LogP contribution in [0, 0.1) is 0 Å². The van der Waals surface area contributed by atoms with Crippen LogP contribution in [0.4, 0.5) is 0 Å². The van der Waals surface area contributed by atoms with Crippen LogP contribution in [0.25, 0.3) is 66.1 Å². The highest BCUT2D eigenvalue weighted by atomic mass is 31.2. The van der Waals surface area contributed by atoms with Crippen molar-refractivity contribution in [1.29, 1.82) is 0 Å². The van der Waals surface area contributed by atoms with Crippen LogP contribution in [0.5, 0.6) is 0 Å². The number of rotatable bonds is 5. The molecule has 5 heteroatoms. The predicted molar refractivity (Wildman–Crippen MR) is 189 cm³/mol. The highest BCUT2D eigenvalue weighted by molar-refractivity contribution is 7.85. The predicted octanol–water partition coefficient (Wildman–Crippen LogP) is 9.85. The lowest BCUT2D eigenvalue weighted by Gasteiger charge is -2.20. The van der Waals surface area contributed by atoms with Gasteiger partial charge in [0.15, 0.2) is 7.14 Å². The maximum atomic E-state index is 15.0. The van der Waals surface area contributed by atoms with Crippen molar-refractivity contribution < 1.29 is 13.4 Å². The zero-order valence-corrected chi connectivity index (χ0v) is 25.5.